The van der Waals surface area contributed by atoms with Gasteiger partial charge in [0.15, 0.2) is 0 Å². The molecule has 1 unspecified atom stereocenters. The van der Waals surface area contributed by atoms with Gasteiger partial charge in [0, 0.05) is 37.8 Å². The van der Waals surface area contributed by atoms with Crippen molar-refractivity contribution in [3.63, 3.8) is 0 Å². The third kappa shape index (κ3) is 3.81. The molecule has 0 aliphatic carbocycles. The van der Waals surface area contributed by atoms with E-state index in [9.17, 15) is 9.90 Å². The van der Waals surface area contributed by atoms with Gasteiger partial charge >= 0.3 is 0 Å². The molecule has 5 heteroatoms. The lowest BCUT2D eigenvalue weighted by atomic mass is 10.0. The van der Waals surface area contributed by atoms with Crippen LogP contribution in [0, 0.1) is 11.3 Å². The topological polar surface area (TPSA) is 67.6 Å². The van der Waals surface area contributed by atoms with Gasteiger partial charge in [0.2, 0.25) is 0 Å². The first-order valence-electron chi connectivity index (χ1n) is 8.41. The summed E-state index contributed by atoms with van der Waals surface area (Å²) in [4.78, 5) is 16.7. The number of phenols is 1. The van der Waals surface area contributed by atoms with Gasteiger partial charge in [-0.25, -0.2) is 0 Å². The van der Waals surface area contributed by atoms with Crippen molar-refractivity contribution in [2.75, 3.05) is 26.2 Å². The number of nitrogens with zero attached hydrogens (tertiary/aromatic N) is 3. The van der Waals surface area contributed by atoms with Crippen LogP contribution in [-0.2, 0) is 0 Å². The van der Waals surface area contributed by atoms with Gasteiger partial charge in [-0.05, 0) is 48.9 Å². The molecule has 0 radical (unpaired) electrons. The Balaban J connectivity index is 1.62. The maximum atomic E-state index is 12.5. The number of piperazine rings is 1. The van der Waals surface area contributed by atoms with E-state index in [0.29, 0.717) is 24.2 Å². The van der Waals surface area contributed by atoms with Crippen LogP contribution >= 0.6 is 0 Å². The molecule has 1 aliphatic rings. The lowest BCUT2D eigenvalue weighted by molar-refractivity contribution is 0.0582. The second-order valence-electron chi connectivity index (χ2n) is 6.29. The number of carbonyl (C=O) groups excluding carboxylic acids is 1. The molecule has 1 saturated heterocycles. The maximum absolute atomic E-state index is 12.5. The van der Waals surface area contributed by atoms with E-state index in [4.69, 9.17) is 5.26 Å². The molecule has 1 fully saturated rings. The number of hydrogen-bond acceptors (Lipinski definition) is 4. The highest BCUT2D eigenvalue weighted by molar-refractivity contribution is 5.94. The summed E-state index contributed by atoms with van der Waals surface area (Å²) in [6.45, 7) is 5.06. The first-order chi connectivity index (χ1) is 12.1. The summed E-state index contributed by atoms with van der Waals surface area (Å²) in [5.41, 5.74) is 2.39. The summed E-state index contributed by atoms with van der Waals surface area (Å²) in [6, 6.07) is 16.5. The van der Waals surface area contributed by atoms with Crippen molar-refractivity contribution in [3.8, 4) is 11.8 Å². The average molecular weight is 335 g/mol. The van der Waals surface area contributed by atoms with Crippen LogP contribution in [-0.4, -0.2) is 47.0 Å². The van der Waals surface area contributed by atoms with Gasteiger partial charge in [0.05, 0.1) is 11.6 Å². The number of nitriles is 1. The molecular weight excluding hydrogens is 314 g/mol. The quantitative estimate of drug-likeness (QED) is 0.936. The summed E-state index contributed by atoms with van der Waals surface area (Å²) in [5.74, 6) is 0.161. The summed E-state index contributed by atoms with van der Waals surface area (Å²) in [5, 5.41) is 18.4. The Morgan fingerprint density at radius 2 is 1.80 bits per heavy atom. The predicted octanol–water partition coefficient (Wildman–Crippen LogP) is 2.78. The Bertz CT molecular complexity index is 787. The number of aromatic hydroxyl groups is 1. The van der Waals surface area contributed by atoms with E-state index >= 15 is 0 Å². The molecule has 1 amide bonds. The number of benzene rings is 2. The molecule has 0 aromatic heterocycles. The summed E-state index contributed by atoms with van der Waals surface area (Å²) < 4.78 is 0. The van der Waals surface area contributed by atoms with Crippen LogP contribution in [0.5, 0.6) is 5.75 Å². The first kappa shape index (κ1) is 17.0. The fourth-order valence-corrected chi connectivity index (χ4v) is 3.18. The molecule has 1 atom stereocenters. The minimum absolute atomic E-state index is 0.00113. The molecule has 5 nitrogen and oxygen atoms in total. The van der Waals surface area contributed by atoms with Gasteiger partial charge < -0.3 is 10.0 Å². The van der Waals surface area contributed by atoms with E-state index in [1.165, 1.54) is 12.1 Å². The maximum Gasteiger partial charge on any atom is 0.253 e. The van der Waals surface area contributed by atoms with Crippen LogP contribution in [0.4, 0.5) is 0 Å². The number of carbonyl (C=O) groups is 1. The minimum Gasteiger partial charge on any atom is -0.508 e. The van der Waals surface area contributed by atoms with Gasteiger partial charge in [-0.1, -0.05) is 12.1 Å². The Morgan fingerprint density at radius 3 is 2.44 bits per heavy atom. The molecular formula is C20H21N3O2. The number of hydrogen-bond donors (Lipinski definition) is 1. The minimum atomic E-state index is -0.00113. The summed E-state index contributed by atoms with van der Waals surface area (Å²) in [7, 11) is 0. The number of phenolic OH excluding ortho intramolecular Hbond substituents is 1. The molecule has 1 N–H and O–H groups in total. The van der Waals surface area contributed by atoms with Crippen LogP contribution < -0.4 is 0 Å². The van der Waals surface area contributed by atoms with Crippen molar-refractivity contribution < 1.29 is 9.90 Å². The number of rotatable bonds is 3. The van der Waals surface area contributed by atoms with Crippen LogP contribution in [0.15, 0.2) is 48.5 Å². The molecule has 0 bridgehead atoms. The molecule has 25 heavy (non-hydrogen) atoms. The van der Waals surface area contributed by atoms with E-state index < -0.39 is 0 Å². The van der Waals surface area contributed by atoms with E-state index in [0.717, 1.165) is 18.7 Å². The molecule has 1 heterocycles. The van der Waals surface area contributed by atoms with Crippen molar-refractivity contribution >= 4 is 5.91 Å². The van der Waals surface area contributed by atoms with Gasteiger partial charge in [0.25, 0.3) is 5.91 Å². The summed E-state index contributed by atoms with van der Waals surface area (Å²) in [6.07, 6.45) is 0. The highest BCUT2D eigenvalue weighted by atomic mass is 16.3. The monoisotopic (exact) mass is 335 g/mol. The van der Waals surface area contributed by atoms with Crippen LogP contribution in [0.2, 0.25) is 0 Å². The van der Waals surface area contributed by atoms with Gasteiger partial charge in [0.1, 0.15) is 5.75 Å². The fourth-order valence-electron chi connectivity index (χ4n) is 3.18. The molecule has 2 aromatic rings. The Labute approximate surface area is 147 Å². The molecule has 3 rings (SSSR count). The zero-order chi connectivity index (χ0) is 17.8. The molecule has 0 saturated carbocycles. The van der Waals surface area contributed by atoms with Gasteiger partial charge in [-0.15, -0.1) is 0 Å². The lowest BCUT2D eigenvalue weighted by Gasteiger charge is -2.38. The van der Waals surface area contributed by atoms with Crippen molar-refractivity contribution in [2.45, 2.75) is 13.0 Å². The predicted molar refractivity (Wildman–Crippen MR) is 95.2 cm³/mol. The average Bonchev–Trinajstić information content (AvgIpc) is 2.67. The van der Waals surface area contributed by atoms with Crippen LogP contribution in [0.1, 0.15) is 34.5 Å². The molecule has 0 spiro atoms. The van der Waals surface area contributed by atoms with Crippen molar-refractivity contribution in [1.82, 2.24) is 9.80 Å². The van der Waals surface area contributed by atoms with E-state index in [1.807, 2.05) is 29.2 Å². The first-order valence-corrected chi connectivity index (χ1v) is 8.41. The van der Waals surface area contributed by atoms with Gasteiger partial charge in [-0.2, -0.15) is 5.26 Å². The lowest BCUT2D eigenvalue weighted by Crippen LogP contribution is -2.49. The third-order valence-corrected chi connectivity index (χ3v) is 4.76. The third-order valence-electron chi connectivity index (χ3n) is 4.76. The van der Waals surface area contributed by atoms with E-state index in [-0.39, 0.29) is 17.7 Å². The second-order valence-corrected chi connectivity index (χ2v) is 6.29. The van der Waals surface area contributed by atoms with E-state index in [1.54, 1.807) is 12.1 Å². The Kier molecular flexibility index (Phi) is 5.01. The Hall–Kier alpha value is -2.84. The molecule has 1 aliphatic heterocycles. The van der Waals surface area contributed by atoms with Crippen molar-refractivity contribution in [2.24, 2.45) is 0 Å². The SMILES string of the molecule is CC(c1cccc(C#N)c1)N1CCN(C(=O)c2ccc(O)cc2)CC1. The smallest absolute Gasteiger partial charge is 0.253 e. The zero-order valence-corrected chi connectivity index (χ0v) is 14.2. The van der Waals surface area contributed by atoms with Crippen LogP contribution in [0.3, 0.4) is 0 Å². The van der Waals surface area contributed by atoms with Crippen molar-refractivity contribution in [1.29, 1.82) is 5.26 Å². The van der Waals surface area contributed by atoms with Crippen LogP contribution in [0.25, 0.3) is 0 Å². The largest absolute Gasteiger partial charge is 0.508 e. The summed E-state index contributed by atoms with van der Waals surface area (Å²) >= 11 is 0. The normalized spacial score (nSPS) is 16.2. The van der Waals surface area contributed by atoms with Gasteiger partial charge in [-0.3, -0.25) is 9.69 Å². The number of amides is 1. The Morgan fingerprint density at radius 1 is 1.12 bits per heavy atom. The highest BCUT2D eigenvalue weighted by Crippen LogP contribution is 2.23. The second kappa shape index (κ2) is 7.37. The fraction of sp³-hybridized carbons (Fsp3) is 0.300. The molecule has 128 valence electrons. The highest BCUT2D eigenvalue weighted by Gasteiger charge is 2.25. The van der Waals surface area contributed by atoms with E-state index in [2.05, 4.69) is 17.9 Å². The zero-order valence-electron chi connectivity index (χ0n) is 14.2. The standard InChI is InChI=1S/C20H21N3O2/c1-15(18-4-2-3-16(13-18)14-21)22-9-11-23(12-10-22)20(25)17-5-7-19(24)8-6-17/h2-8,13,15,24H,9-12H2,1H3. The van der Waals surface area contributed by atoms with Crippen molar-refractivity contribution in [3.05, 3.63) is 65.2 Å². The molecule has 2 aromatic carbocycles.